The standard InChI is InChI=1S/C15H16N2O/c1-11-5-4-10-16-15(11)13-6-8-14(9-7-13)17(3)12(2)18/h4-10H,1-3H3. The average molecular weight is 240 g/mol. The van der Waals surface area contributed by atoms with Crippen LogP contribution >= 0.6 is 0 Å². The average Bonchev–Trinajstić information content (AvgIpc) is 2.38. The van der Waals surface area contributed by atoms with Crippen molar-refractivity contribution in [3.05, 3.63) is 48.2 Å². The van der Waals surface area contributed by atoms with Gasteiger partial charge in [0.25, 0.3) is 0 Å². The summed E-state index contributed by atoms with van der Waals surface area (Å²) in [6.07, 6.45) is 1.79. The first-order valence-corrected chi connectivity index (χ1v) is 5.86. The molecule has 1 aromatic carbocycles. The zero-order valence-electron chi connectivity index (χ0n) is 10.8. The predicted molar refractivity (Wildman–Crippen MR) is 73.5 cm³/mol. The Hall–Kier alpha value is -2.16. The Morgan fingerprint density at radius 2 is 1.83 bits per heavy atom. The number of anilines is 1. The zero-order valence-corrected chi connectivity index (χ0v) is 10.8. The summed E-state index contributed by atoms with van der Waals surface area (Å²) in [5.74, 6) is 0.0248. The molecule has 3 nitrogen and oxygen atoms in total. The second-order valence-corrected chi connectivity index (χ2v) is 4.29. The van der Waals surface area contributed by atoms with Gasteiger partial charge in [0.2, 0.25) is 5.91 Å². The highest BCUT2D eigenvalue weighted by Gasteiger charge is 2.07. The van der Waals surface area contributed by atoms with Gasteiger partial charge < -0.3 is 4.90 Å². The van der Waals surface area contributed by atoms with E-state index in [1.54, 1.807) is 25.1 Å². The summed E-state index contributed by atoms with van der Waals surface area (Å²) in [5, 5.41) is 0. The van der Waals surface area contributed by atoms with Gasteiger partial charge >= 0.3 is 0 Å². The molecule has 0 saturated carbocycles. The summed E-state index contributed by atoms with van der Waals surface area (Å²) in [6, 6.07) is 11.8. The highest BCUT2D eigenvalue weighted by atomic mass is 16.2. The minimum atomic E-state index is 0.0248. The fourth-order valence-corrected chi connectivity index (χ4v) is 1.81. The van der Waals surface area contributed by atoms with Gasteiger partial charge in [-0.2, -0.15) is 0 Å². The SMILES string of the molecule is CC(=O)N(C)c1ccc(-c2ncccc2C)cc1. The normalized spacial score (nSPS) is 10.2. The van der Waals surface area contributed by atoms with Crippen LogP contribution in [-0.4, -0.2) is 17.9 Å². The van der Waals surface area contributed by atoms with Gasteiger partial charge in [-0.05, 0) is 30.7 Å². The van der Waals surface area contributed by atoms with E-state index in [0.717, 1.165) is 22.5 Å². The third-order valence-corrected chi connectivity index (χ3v) is 3.01. The lowest BCUT2D eigenvalue weighted by atomic mass is 10.1. The van der Waals surface area contributed by atoms with Crippen molar-refractivity contribution in [2.45, 2.75) is 13.8 Å². The van der Waals surface area contributed by atoms with Crippen LogP contribution < -0.4 is 4.90 Å². The van der Waals surface area contributed by atoms with Crippen LogP contribution in [0.3, 0.4) is 0 Å². The Morgan fingerprint density at radius 1 is 1.17 bits per heavy atom. The minimum absolute atomic E-state index is 0.0248. The Kier molecular flexibility index (Phi) is 3.42. The second kappa shape index (κ2) is 5.00. The summed E-state index contributed by atoms with van der Waals surface area (Å²) in [5.41, 5.74) is 4.08. The van der Waals surface area contributed by atoms with Gasteiger partial charge in [-0.1, -0.05) is 18.2 Å². The number of nitrogens with zero attached hydrogens (tertiary/aromatic N) is 2. The quantitative estimate of drug-likeness (QED) is 0.808. The molecule has 0 aliphatic rings. The van der Waals surface area contributed by atoms with Crippen LogP contribution in [0.5, 0.6) is 0 Å². The maximum atomic E-state index is 11.3. The van der Waals surface area contributed by atoms with Gasteiger partial charge in [-0.25, -0.2) is 0 Å². The molecule has 0 atom stereocenters. The molecule has 1 aromatic heterocycles. The van der Waals surface area contributed by atoms with E-state index < -0.39 is 0 Å². The van der Waals surface area contributed by atoms with Crippen molar-refractivity contribution >= 4 is 11.6 Å². The van der Waals surface area contributed by atoms with Gasteiger partial charge in [0.1, 0.15) is 0 Å². The first kappa shape index (κ1) is 12.3. The van der Waals surface area contributed by atoms with Gasteiger partial charge in [0.05, 0.1) is 5.69 Å². The second-order valence-electron chi connectivity index (χ2n) is 4.29. The molecular formula is C15H16N2O. The van der Waals surface area contributed by atoms with Crippen molar-refractivity contribution in [1.82, 2.24) is 4.98 Å². The van der Waals surface area contributed by atoms with Crippen LogP contribution in [0.2, 0.25) is 0 Å². The van der Waals surface area contributed by atoms with Gasteiger partial charge in [-0.3, -0.25) is 9.78 Å². The molecule has 0 fully saturated rings. The molecule has 2 aromatic rings. The molecule has 0 radical (unpaired) electrons. The molecule has 0 spiro atoms. The van der Waals surface area contributed by atoms with E-state index in [1.165, 1.54) is 0 Å². The summed E-state index contributed by atoms with van der Waals surface area (Å²) in [6.45, 7) is 3.59. The molecule has 92 valence electrons. The van der Waals surface area contributed by atoms with Gasteiger partial charge in [-0.15, -0.1) is 0 Å². The maximum absolute atomic E-state index is 11.3. The maximum Gasteiger partial charge on any atom is 0.223 e. The number of hydrogen-bond donors (Lipinski definition) is 0. The predicted octanol–water partition coefficient (Wildman–Crippen LogP) is 3.04. The zero-order chi connectivity index (χ0) is 13.1. The molecular weight excluding hydrogens is 224 g/mol. The van der Waals surface area contributed by atoms with Crippen LogP contribution in [-0.2, 0) is 4.79 Å². The summed E-state index contributed by atoms with van der Waals surface area (Å²) in [7, 11) is 1.77. The third-order valence-electron chi connectivity index (χ3n) is 3.01. The van der Waals surface area contributed by atoms with Crippen LogP contribution in [0, 0.1) is 6.92 Å². The Morgan fingerprint density at radius 3 is 2.39 bits per heavy atom. The van der Waals surface area contributed by atoms with Crippen LogP contribution in [0.15, 0.2) is 42.6 Å². The molecule has 18 heavy (non-hydrogen) atoms. The number of carbonyl (C=O) groups excluding carboxylic acids is 1. The number of aryl methyl sites for hydroxylation is 1. The Balaban J connectivity index is 2.34. The lowest BCUT2D eigenvalue weighted by molar-refractivity contribution is -0.116. The number of aromatic nitrogens is 1. The molecule has 1 amide bonds. The van der Waals surface area contributed by atoms with Crippen LogP contribution in [0.4, 0.5) is 5.69 Å². The minimum Gasteiger partial charge on any atom is -0.316 e. The van der Waals surface area contributed by atoms with Crippen molar-refractivity contribution < 1.29 is 4.79 Å². The van der Waals surface area contributed by atoms with E-state index in [1.807, 2.05) is 43.3 Å². The van der Waals surface area contributed by atoms with E-state index in [4.69, 9.17) is 0 Å². The van der Waals surface area contributed by atoms with E-state index in [0.29, 0.717) is 0 Å². The topological polar surface area (TPSA) is 33.2 Å². The van der Waals surface area contributed by atoms with Crippen molar-refractivity contribution in [2.24, 2.45) is 0 Å². The number of rotatable bonds is 2. The van der Waals surface area contributed by atoms with Crippen molar-refractivity contribution in [1.29, 1.82) is 0 Å². The highest BCUT2D eigenvalue weighted by molar-refractivity contribution is 5.91. The first-order valence-electron chi connectivity index (χ1n) is 5.86. The molecule has 0 aliphatic heterocycles. The third kappa shape index (κ3) is 2.40. The lowest BCUT2D eigenvalue weighted by Crippen LogP contribution is -2.22. The van der Waals surface area contributed by atoms with Crippen molar-refractivity contribution in [2.75, 3.05) is 11.9 Å². The highest BCUT2D eigenvalue weighted by Crippen LogP contribution is 2.23. The monoisotopic (exact) mass is 240 g/mol. The van der Waals surface area contributed by atoms with E-state index >= 15 is 0 Å². The molecule has 1 heterocycles. The molecule has 3 heteroatoms. The van der Waals surface area contributed by atoms with Crippen LogP contribution in [0.1, 0.15) is 12.5 Å². The van der Waals surface area contributed by atoms with E-state index in [-0.39, 0.29) is 5.91 Å². The molecule has 0 N–H and O–H groups in total. The fourth-order valence-electron chi connectivity index (χ4n) is 1.81. The van der Waals surface area contributed by atoms with Gasteiger partial charge in [0, 0.05) is 31.4 Å². The molecule has 0 saturated heterocycles. The van der Waals surface area contributed by atoms with E-state index in [9.17, 15) is 4.79 Å². The molecule has 0 bridgehead atoms. The Bertz CT molecular complexity index is 561. The summed E-state index contributed by atoms with van der Waals surface area (Å²) in [4.78, 5) is 17.3. The van der Waals surface area contributed by atoms with E-state index in [2.05, 4.69) is 4.98 Å². The fraction of sp³-hybridized carbons (Fsp3) is 0.200. The number of pyridine rings is 1. The van der Waals surface area contributed by atoms with Crippen LogP contribution in [0.25, 0.3) is 11.3 Å². The largest absolute Gasteiger partial charge is 0.316 e. The van der Waals surface area contributed by atoms with Crippen molar-refractivity contribution in [3.8, 4) is 11.3 Å². The van der Waals surface area contributed by atoms with Crippen molar-refractivity contribution in [3.63, 3.8) is 0 Å². The Labute approximate surface area is 107 Å². The first-order chi connectivity index (χ1) is 8.59. The molecule has 2 rings (SSSR count). The smallest absolute Gasteiger partial charge is 0.223 e. The summed E-state index contributed by atoms with van der Waals surface area (Å²) < 4.78 is 0. The lowest BCUT2D eigenvalue weighted by Gasteiger charge is -2.15. The summed E-state index contributed by atoms with van der Waals surface area (Å²) >= 11 is 0. The number of amides is 1. The molecule has 0 unspecified atom stereocenters. The number of carbonyl (C=O) groups is 1. The number of benzene rings is 1. The van der Waals surface area contributed by atoms with Gasteiger partial charge in [0.15, 0.2) is 0 Å². The number of hydrogen-bond acceptors (Lipinski definition) is 2. The molecule has 0 aliphatic carbocycles.